The van der Waals surface area contributed by atoms with Crippen molar-refractivity contribution in [1.29, 1.82) is 0 Å². The van der Waals surface area contributed by atoms with E-state index in [4.69, 9.17) is 0 Å². The summed E-state index contributed by atoms with van der Waals surface area (Å²) in [5.74, 6) is 0. The molecule has 5 nitrogen and oxygen atoms in total. The Labute approximate surface area is 159 Å². The van der Waals surface area contributed by atoms with Crippen LogP contribution in [0.4, 0.5) is 42.5 Å². The van der Waals surface area contributed by atoms with Gasteiger partial charge in [0.2, 0.25) is 0 Å². The number of benzene rings is 2. The van der Waals surface area contributed by atoms with Gasteiger partial charge in [0.25, 0.3) is 9.84 Å². The first-order chi connectivity index (χ1) is 12.8. The highest BCUT2D eigenvalue weighted by molar-refractivity contribution is 8.00. The molecule has 0 fully saturated rings. The van der Waals surface area contributed by atoms with E-state index in [0.29, 0.717) is 12.1 Å². The summed E-state index contributed by atoms with van der Waals surface area (Å²) in [6.45, 7) is 0. The largest absolute Gasteiger partial charge is 0.501 e. The number of alkyl halides is 6. The monoisotopic (exact) mass is 444 g/mol. The molecule has 0 saturated carbocycles. The molecule has 0 atom stereocenters. The smallest absolute Gasteiger partial charge is 0.308 e. The second-order valence-corrected chi connectivity index (χ2v) is 8.20. The molecule has 0 aliphatic heterocycles. The van der Waals surface area contributed by atoms with E-state index in [9.17, 15) is 39.6 Å². The molecule has 28 heavy (non-hydrogen) atoms. The molecule has 0 aliphatic carbocycles. The lowest BCUT2D eigenvalue weighted by Crippen LogP contribution is -2.23. The molecule has 2 amide bonds. The first-order valence-electron chi connectivity index (χ1n) is 7.13. The summed E-state index contributed by atoms with van der Waals surface area (Å²) < 4.78 is 96.6. The Hall–Kier alpha value is -2.41. The van der Waals surface area contributed by atoms with Crippen LogP contribution in [0, 0.1) is 0 Å². The van der Waals surface area contributed by atoms with Gasteiger partial charge in [0.05, 0.1) is 4.90 Å². The molecule has 2 aromatic rings. The third kappa shape index (κ3) is 5.79. The van der Waals surface area contributed by atoms with E-state index in [1.807, 2.05) is 0 Å². The average Bonchev–Trinajstić information content (AvgIpc) is 2.55. The van der Waals surface area contributed by atoms with Gasteiger partial charge < -0.3 is 10.6 Å². The maximum absolute atomic E-state index is 12.5. The van der Waals surface area contributed by atoms with Crippen LogP contribution in [0.15, 0.2) is 58.3 Å². The number of hydrogen-bond donors (Lipinski definition) is 2. The van der Waals surface area contributed by atoms with Crippen molar-refractivity contribution in [3.63, 3.8) is 0 Å². The van der Waals surface area contributed by atoms with E-state index < -0.39 is 31.8 Å². The maximum atomic E-state index is 12.5. The molecule has 0 unspecified atom stereocenters. The van der Waals surface area contributed by atoms with Crippen molar-refractivity contribution in [2.24, 2.45) is 0 Å². The van der Waals surface area contributed by atoms with Crippen LogP contribution >= 0.6 is 11.8 Å². The van der Waals surface area contributed by atoms with Gasteiger partial charge in [0, 0.05) is 16.3 Å². The predicted molar refractivity (Wildman–Crippen MR) is 90.7 cm³/mol. The van der Waals surface area contributed by atoms with E-state index in [0.717, 1.165) is 24.3 Å². The normalized spacial score (nSPS) is 12.5. The van der Waals surface area contributed by atoms with Crippen molar-refractivity contribution < 1.29 is 39.6 Å². The first kappa shape index (κ1) is 21.9. The van der Waals surface area contributed by atoms with Gasteiger partial charge in [-0.3, -0.25) is 0 Å². The zero-order valence-corrected chi connectivity index (χ0v) is 15.1. The minimum atomic E-state index is -5.50. The lowest BCUT2D eigenvalue weighted by molar-refractivity contribution is -0.0436. The van der Waals surface area contributed by atoms with Gasteiger partial charge in [-0.2, -0.15) is 26.3 Å². The van der Waals surface area contributed by atoms with Crippen molar-refractivity contribution in [1.82, 2.24) is 0 Å². The summed E-state index contributed by atoms with van der Waals surface area (Å²) in [7, 11) is -5.50. The van der Waals surface area contributed by atoms with Gasteiger partial charge >= 0.3 is 17.0 Å². The zero-order valence-electron chi connectivity index (χ0n) is 13.4. The number of hydrogen-bond acceptors (Lipinski definition) is 4. The number of nitrogens with one attached hydrogen (secondary N) is 2. The van der Waals surface area contributed by atoms with Gasteiger partial charge in [0.1, 0.15) is 0 Å². The standard InChI is InChI=1S/C15H10F6N2O3S2/c16-14(17,18)27-11-5-1-9(2-6-11)22-13(24)23-10-3-7-12(8-4-10)28(25,26)15(19,20)21/h1-8H,(H2,22,23,24). The fourth-order valence-electron chi connectivity index (χ4n) is 1.88. The summed E-state index contributed by atoms with van der Waals surface area (Å²) in [6, 6.07) is 7.20. The molecule has 0 radical (unpaired) electrons. The lowest BCUT2D eigenvalue weighted by Gasteiger charge is -2.11. The number of thioether (sulfide) groups is 1. The quantitative estimate of drug-likeness (QED) is 0.500. The Balaban J connectivity index is 2.00. The molecular formula is C15H10F6N2O3S2. The molecular weight excluding hydrogens is 434 g/mol. The summed E-state index contributed by atoms with van der Waals surface area (Å²) in [4.78, 5) is 10.8. The SMILES string of the molecule is O=C(Nc1ccc(SC(F)(F)F)cc1)Nc1ccc(S(=O)(=O)C(F)(F)F)cc1. The van der Waals surface area contributed by atoms with E-state index in [2.05, 4.69) is 10.6 Å². The summed E-state index contributed by atoms with van der Waals surface area (Å²) in [5.41, 5.74) is -9.73. The Kier molecular flexibility index (Phi) is 6.18. The summed E-state index contributed by atoms with van der Waals surface area (Å²) in [6.07, 6.45) is 0. The number of halogens is 6. The van der Waals surface area contributed by atoms with E-state index in [-0.39, 0.29) is 28.0 Å². The third-order valence-electron chi connectivity index (χ3n) is 3.07. The Morgan fingerprint density at radius 1 is 0.786 bits per heavy atom. The Bertz CT molecular complexity index is 940. The van der Waals surface area contributed by atoms with E-state index in [1.165, 1.54) is 12.1 Å². The second kappa shape index (κ2) is 7.91. The van der Waals surface area contributed by atoms with Gasteiger partial charge in [-0.25, -0.2) is 13.2 Å². The van der Waals surface area contributed by atoms with Crippen LogP contribution in [0.1, 0.15) is 0 Å². The zero-order chi connectivity index (χ0) is 21.2. The topological polar surface area (TPSA) is 75.3 Å². The summed E-state index contributed by atoms with van der Waals surface area (Å²) in [5, 5.41) is 4.56. The number of anilines is 2. The van der Waals surface area contributed by atoms with Gasteiger partial charge in [0.15, 0.2) is 0 Å². The number of carbonyl (C=O) groups is 1. The average molecular weight is 444 g/mol. The van der Waals surface area contributed by atoms with Gasteiger partial charge in [-0.05, 0) is 60.3 Å². The van der Waals surface area contributed by atoms with Gasteiger partial charge in [-0.15, -0.1) is 0 Å². The van der Waals surface area contributed by atoms with Crippen molar-refractivity contribution in [2.45, 2.75) is 20.8 Å². The van der Waals surface area contributed by atoms with E-state index >= 15 is 0 Å². The molecule has 0 saturated heterocycles. The van der Waals surface area contributed by atoms with Crippen molar-refractivity contribution in [3.8, 4) is 0 Å². The molecule has 2 rings (SSSR count). The van der Waals surface area contributed by atoms with Crippen LogP contribution in [-0.4, -0.2) is 25.5 Å². The Morgan fingerprint density at radius 3 is 1.61 bits per heavy atom. The second-order valence-electron chi connectivity index (χ2n) is 5.12. The molecule has 0 spiro atoms. The molecule has 13 heteroatoms. The van der Waals surface area contributed by atoms with Crippen LogP contribution in [0.2, 0.25) is 0 Å². The minimum Gasteiger partial charge on any atom is -0.308 e. The molecule has 152 valence electrons. The van der Waals surface area contributed by atoms with Crippen LogP contribution in [0.25, 0.3) is 0 Å². The van der Waals surface area contributed by atoms with Crippen LogP contribution < -0.4 is 10.6 Å². The maximum Gasteiger partial charge on any atom is 0.501 e. The van der Waals surface area contributed by atoms with Crippen LogP contribution in [0.3, 0.4) is 0 Å². The fraction of sp³-hybridized carbons (Fsp3) is 0.133. The number of urea groups is 1. The van der Waals surface area contributed by atoms with Gasteiger partial charge in [-0.1, -0.05) is 0 Å². The Morgan fingerprint density at radius 2 is 1.21 bits per heavy atom. The highest BCUT2D eigenvalue weighted by Crippen LogP contribution is 2.37. The molecule has 2 aromatic carbocycles. The number of sulfone groups is 1. The molecule has 2 N–H and O–H groups in total. The van der Waals surface area contributed by atoms with Crippen molar-refractivity contribution in [2.75, 3.05) is 10.6 Å². The number of rotatable bonds is 4. The van der Waals surface area contributed by atoms with Crippen molar-refractivity contribution in [3.05, 3.63) is 48.5 Å². The molecule has 0 heterocycles. The molecule has 0 aromatic heterocycles. The number of amides is 2. The lowest BCUT2D eigenvalue weighted by atomic mass is 10.3. The van der Waals surface area contributed by atoms with E-state index in [1.54, 1.807) is 0 Å². The minimum absolute atomic E-state index is 0.00266. The van der Waals surface area contributed by atoms with Crippen LogP contribution in [0.5, 0.6) is 0 Å². The van der Waals surface area contributed by atoms with Crippen LogP contribution in [-0.2, 0) is 9.84 Å². The van der Waals surface area contributed by atoms with Crippen molar-refractivity contribution >= 4 is 39.0 Å². The molecule has 0 bridgehead atoms. The molecule has 0 aliphatic rings. The fourth-order valence-corrected chi connectivity index (χ4v) is 3.19. The predicted octanol–water partition coefficient (Wildman–Crippen LogP) is 5.24. The third-order valence-corrected chi connectivity index (χ3v) is 5.31. The highest BCUT2D eigenvalue weighted by atomic mass is 32.2. The summed E-state index contributed by atoms with van der Waals surface area (Å²) >= 11 is -0.322. The first-order valence-corrected chi connectivity index (χ1v) is 9.43. The highest BCUT2D eigenvalue weighted by Gasteiger charge is 2.46. The number of carbonyl (C=O) groups excluding carboxylic acids is 1.